The zero-order valence-electron chi connectivity index (χ0n) is 17.2. The van der Waals surface area contributed by atoms with E-state index < -0.39 is 22.8 Å². The standard InChI is InChI=1S/C22H36O4/c1-7-14(2)8-10-16-15(3)9-11-17-20(4,5)12-13-22(18(23)24,19(25)26)21(16,17)6/h12-17H,7-11H2,1-6H3,(H,23,24)(H,25,26)/t14-,15+,16+,17+,21-/m1/s1. The summed E-state index contributed by atoms with van der Waals surface area (Å²) in [6, 6.07) is 0. The molecule has 4 nitrogen and oxygen atoms in total. The Bertz CT molecular complexity index is 577. The van der Waals surface area contributed by atoms with E-state index in [2.05, 4.69) is 34.6 Å². The van der Waals surface area contributed by atoms with Crippen LogP contribution in [0.2, 0.25) is 0 Å². The number of hydrogen-bond acceptors (Lipinski definition) is 2. The number of rotatable bonds is 6. The number of carboxylic acids is 2. The molecule has 4 heteroatoms. The highest BCUT2D eigenvalue weighted by Gasteiger charge is 2.69. The van der Waals surface area contributed by atoms with E-state index in [-0.39, 0.29) is 17.3 Å². The summed E-state index contributed by atoms with van der Waals surface area (Å²) in [5.41, 5.74) is -2.84. The largest absolute Gasteiger partial charge is 0.480 e. The third-order valence-electron chi connectivity index (χ3n) is 7.94. The molecule has 0 bridgehead atoms. The van der Waals surface area contributed by atoms with Crippen molar-refractivity contribution in [3.8, 4) is 0 Å². The molecule has 0 aromatic rings. The van der Waals surface area contributed by atoms with Crippen LogP contribution in [0.25, 0.3) is 0 Å². The Morgan fingerprint density at radius 1 is 1.12 bits per heavy atom. The Labute approximate surface area is 158 Å². The molecular weight excluding hydrogens is 328 g/mol. The van der Waals surface area contributed by atoms with Gasteiger partial charge in [-0.2, -0.15) is 0 Å². The van der Waals surface area contributed by atoms with Gasteiger partial charge < -0.3 is 10.2 Å². The van der Waals surface area contributed by atoms with Gasteiger partial charge in [0.25, 0.3) is 0 Å². The van der Waals surface area contributed by atoms with Gasteiger partial charge in [0.15, 0.2) is 5.41 Å². The molecular formula is C22H36O4. The zero-order chi connectivity index (χ0) is 19.9. The Kier molecular flexibility index (Phi) is 5.66. The van der Waals surface area contributed by atoms with Gasteiger partial charge in [-0.3, -0.25) is 9.59 Å². The molecule has 0 amide bonds. The Hall–Kier alpha value is -1.32. The summed E-state index contributed by atoms with van der Waals surface area (Å²) >= 11 is 0. The van der Waals surface area contributed by atoms with E-state index in [4.69, 9.17) is 0 Å². The minimum absolute atomic E-state index is 0.0466. The lowest BCUT2D eigenvalue weighted by molar-refractivity contribution is -0.192. The van der Waals surface area contributed by atoms with Crippen molar-refractivity contribution in [1.82, 2.24) is 0 Å². The van der Waals surface area contributed by atoms with Gasteiger partial charge in [0, 0.05) is 5.41 Å². The third-order valence-corrected chi connectivity index (χ3v) is 7.94. The van der Waals surface area contributed by atoms with E-state index in [1.165, 1.54) is 6.08 Å². The molecule has 0 aromatic carbocycles. The van der Waals surface area contributed by atoms with Crippen molar-refractivity contribution in [2.75, 3.05) is 0 Å². The van der Waals surface area contributed by atoms with Gasteiger partial charge in [-0.15, -0.1) is 0 Å². The highest BCUT2D eigenvalue weighted by Crippen LogP contribution is 2.66. The van der Waals surface area contributed by atoms with Crippen LogP contribution in [0.1, 0.15) is 73.6 Å². The first-order chi connectivity index (χ1) is 11.9. The van der Waals surface area contributed by atoms with Crippen LogP contribution >= 0.6 is 0 Å². The average molecular weight is 365 g/mol. The summed E-state index contributed by atoms with van der Waals surface area (Å²) in [5, 5.41) is 20.3. The molecule has 0 aliphatic heterocycles. The van der Waals surface area contributed by atoms with Crippen LogP contribution in [-0.4, -0.2) is 22.2 Å². The maximum absolute atomic E-state index is 12.4. The van der Waals surface area contributed by atoms with Crippen LogP contribution in [0.15, 0.2) is 12.2 Å². The topological polar surface area (TPSA) is 74.6 Å². The first kappa shape index (κ1) is 21.0. The Morgan fingerprint density at radius 3 is 2.19 bits per heavy atom. The van der Waals surface area contributed by atoms with E-state index >= 15 is 0 Å². The fourth-order valence-electron chi connectivity index (χ4n) is 6.08. The molecule has 0 unspecified atom stereocenters. The monoisotopic (exact) mass is 364 g/mol. The van der Waals surface area contributed by atoms with Crippen molar-refractivity contribution in [2.45, 2.75) is 73.6 Å². The molecule has 148 valence electrons. The molecule has 2 aliphatic carbocycles. The van der Waals surface area contributed by atoms with E-state index in [1.54, 1.807) is 0 Å². The lowest BCUT2D eigenvalue weighted by Crippen LogP contribution is -2.64. The predicted molar refractivity (Wildman–Crippen MR) is 103 cm³/mol. The predicted octanol–water partition coefficient (Wildman–Crippen LogP) is 5.23. The Balaban J connectivity index is 2.64. The van der Waals surface area contributed by atoms with Crippen LogP contribution in [-0.2, 0) is 9.59 Å². The van der Waals surface area contributed by atoms with Gasteiger partial charge in [-0.25, -0.2) is 0 Å². The summed E-state index contributed by atoms with van der Waals surface area (Å²) in [5.74, 6) is -1.39. The van der Waals surface area contributed by atoms with Gasteiger partial charge in [-0.05, 0) is 41.9 Å². The first-order valence-corrected chi connectivity index (χ1v) is 10.1. The minimum Gasteiger partial charge on any atom is -0.480 e. The van der Waals surface area contributed by atoms with Crippen LogP contribution in [0.5, 0.6) is 0 Å². The summed E-state index contributed by atoms with van der Waals surface area (Å²) < 4.78 is 0. The van der Waals surface area contributed by atoms with Crippen LogP contribution < -0.4 is 0 Å². The SMILES string of the molecule is CC[C@@H](C)CC[C@H]1[C@@H](C)CC[C@H]2C(C)(C)C=CC(C(=O)O)(C(=O)O)[C@]12C. The molecule has 2 rings (SSSR count). The minimum atomic E-state index is -1.85. The first-order valence-electron chi connectivity index (χ1n) is 10.1. The van der Waals surface area contributed by atoms with E-state index in [0.717, 1.165) is 32.1 Å². The van der Waals surface area contributed by atoms with Gasteiger partial charge in [0.05, 0.1) is 0 Å². The number of carboxylic acid groups (broad SMARTS) is 2. The fraction of sp³-hybridized carbons (Fsp3) is 0.818. The molecule has 0 heterocycles. The number of hydrogen-bond donors (Lipinski definition) is 2. The highest BCUT2D eigenvalue weighted by molar-refractivity contribution is 6.02. The molecule has 5 atom stereocenters. The number of allylic oxidation sites excluding steroid dienone is 1. The molecule has 1 saturated carbocycles. The highest BCUT2D eigenvalue weighted by atomic mass is 16.4. The fourth-order valence-corrected chi connectivity index (χ4v) is 6.08. The van der Waals surface area contributed by atoms with Crippen LogP contribution in [0.4, 0.5) is 0 Å². The maximum atomic E-state index is 12.4. The van der Waals surface area contributed by atoms with E-state index in [0.29, 0.717) is 11.8 Å². The normalized spacial score (nSPS) is 36.2. The molecule has 0 aromatic heterocycles. The van der Waals surface area contributed by atoms with Crippen molar-refractivity contribution in [2.24, 2.45) is 39.9 Å². The lowest BCUT2D eigenvalue weighted by Gasteiger charge is -2.62. The van der Waals surface area contributed by atoms with Gasteiger partial charge in [0.1, 0.15) is 0 Å². The molecule has 1 fully saturated rings. The number of fused-ring (bicyclic) bond motifs is 1. The van der Waals surface area contributed by atoms with Crippen molar-refractivity contribution in [3.63, 3.8) is 0 Å². The summed E-state index contributed by atoms with van der Waals surface area (Å²) in [4.78, 5) is 24.8. The molecule has 26 heavy (non-hydrogen) atoms. The summed E-state index contributed by atoms with van der Waals surface area (Å²) in [6.45, 7) is 12.8. The lowest BCUT2D eigenvalue weighted by atomic mass is 9.40. The van der Waals surface area contributed by atoms with Crippen molar-refractivity contribution >= 4 is 11.9 Å². The van der Waals surface area contributed by atoms with Gasteiger partial charge >= 0.3 is 11.9 Å². The summed E-state index contributed by atoms with van der Waals surface area (Å²) in [7, 11) is 0. The maximum Gasteiger partial charge on any atom is 0.325 e. The Morgan fingerprint density at radius 2 is 1.69 bits per heavy atom. The van der Waals surface area contributed by atoms with Gasteiger partial charge in [0.2, 0.25) is 0 Å². The molecule has 2 aliphatic rings. The van der Waals surface area contributed by atoms with Crippen LogP contribution in [0, 0.1) is 39.9 Å². The molecule has 2 N–H and O–H groups in total. The van der Waals surface area contributed by atoms with Gasteiger partial charge in [-0.1, -0.05) is 73.0 Å². The average Bonchev–Trinajstić information content (AvgIpc) is 2.52. The molecule has 0 saturated heterocycles. The second-order valence-electron chi connectivity index (χ2n) is 9.66. The third kappa shape index (κ3) is 2.90. The molecule has 0 spiro atoms. The smallest absolute Gasteiger partial charge is 0.325 e. The summed E-state index contributed by atoms with van der Waals surface area (Å²) in [6.07, 6.45) is 8.29. The molecule has 0 radical (unpaired) electrons. The zero-order valence-corrected chi connectivity index (χ0v) is 17.2. The van der Waals surface area contributed by atoms with E-state index in [9.17, 15) is 19.8 Å². The number of carbonyl (C=O) groups is 2. The van der Waals surface area contributed by atoms with Crippen molar-refractivity contribution in [3.05, 3.63) is 12.2 Å². The number of aliphatic carboxylic acids is 2. The second kappa shape index (κ2) is 7.01. The van der Waals surface area contributed by atoms with E-state index in [1.807, 2.05) is 13.0 Å². The van der Waals surface area contributed by atoms with Crippen molar-refractivity contribution in [1.29, 1.82) is 0 Å². The van der Waals surface area contributed by atoms with Crippen molar-refractivity contribution < 1.29 is 19.8 Å². The second-order valence-corrected chi connectivity index (χ2v) is 9.66. The van der Waals surface area contributed by atoms with Crippen LogP contribution in [0.3, 0.4) is 0 Å². The quantitative estimate of drug-likeness (QED) is 0.500.